The van der Waals surface area contributed by atoms with E-state index in [1.807, 2.05) is 6.92 Å². The monoisotopic (exact) mass is 444 g/mol. The highest BCUT2D eigenvalue weighted by molar-refractivity contribution is 7.16. The lowest BCUT2D eigenvalue weighted by atomic mass is 10.1. The molecule has 0 radical (unpaired) electrons. The summed E-state index contributed by atoms with van der Waals surface area (Å²) in [7, 11) is 0. The van der Waals surface area contributed by atoms with E-state index in [-0.39, 0.29) is 0 Å². The number of nitrogens with two attached hydrogens (primary N) is 1. The van der Waals surface area contributed by atoms with Crippen LogP contribution in [0.5, 0.6) is 0 Å². The van der Waals surface area contributed by atoms with Crippen LogP contribution in [-0.2, 0) is 4.74 Å². The number of rotatable bonds is 7. The molecule has 1 aliphatic rings. The van der Waals surface area contributed by atoms with Crippen LogP contribution in [0, 0.1) is 11.3 Å². The van der Waals surface area contributed by atoms with Gasteiger partial charge in [0.2, 0.25) is 0 Å². The molecule has 164 valence electrons. The van der Waals surface area contributed by atoms with Crippen molar-refractivity contribution in [2.24, 2.45) is 5.73 Å². The Morgan fingerprint density at radius 3 is 2.72 bits per heavy atom. The normalized spacial score (nSPS) is 15.6. The molecular weight excluding hydrogens is 416 g/mol. The summed E-state index contributed by atoms with van der Waals surface area (Å²) < 4.78 is 5.41. The second kappa shape index (κ2) is 10.5. The van der Waals surface area contributed by atoms with Gasteiger partial charge in [0.1, 0.15) is 0 Å². The molecule has 3 N–H and O–H groups in total. The number of ether oxygens (including phenoxy) is 1. The molecule has 0 spiro atoms. The summed E-state index contributed by atoms with van der Waals surface area (Å²) in [6.45, 7) is 7.48. The molecule has 3 aromatic rings. The van der Waals surface area contributed by atoms with Gasteiger partial charge in [-0.1, -0.05) is 18.2 Å². The number of nitrogens with one attached hydrogen (secondary N) is 1. The molecule has 0 atom stereocenters. The summed E-state index contributed by atoms with van der Waals surface area (Å²) in [5.74, 6) is 0. The van der Waals surface area contributed by atoms with Crippen molar-refractivity contribution < 1.29 is 4.74 Å². The summed E-state index contributed by atoms with van der Waals surface area (Å²) in [5.41, 5.74) is 9.44. The predicted molar refractivity (Wildman–Crippen MR) is 135 cm³/mol. The first-order valence-corrected chi connectivity index (χ1v) is 11.7. The molecule has 0 amide bonds. The third-order valence-corrected chi connectivity index (χ3v) is 6.86. The summed E-state index contributed by atoms with van der Waals surface area (Å²) >= 11 is 1.67. The number of nitriles is 1. The van der Waals surface area contributed by atoms with Crippen LogP contribution in [0.25, 0.3) is 26.8 Å². The number of hydrogen-bond donors (Lipinski definition) is 2. The van der Waals surface area contributed by atoms with Crippen LogP contribution in [0.15, 0.2) is 66.4 Å². The number of nitrogens with zero attached hydrogens (tertiary/aromatic N) is 2. The average molecular weight is 445 g/mol. The molecule has 2 aromatic carbocycles. The molecule has 1 aliphatic heterocycles. The van der Waals surface area contributed by atoms with Crippen molar-refractivity contribution in [1.29, 1.82) is 5.26 Å². The van der Waals surface area contributed by atoms with Gasteiger partial charge in [-0.05, 0) is 65.9 Å². The molecule has 4 rings (SSSR count). The molecule has 5 nitrogen and oxygen atoms in total. The fourth-order valence-corrected chi connectivity index (χ4v) is 4.96. The average Bonchev–Trinajstić information content (AvgIpc) is 3.32. The number of fused-ring (bicyclic) bond motifs is 1. The zero-order valence-electron chi connectivity index (χ0n) is 18.3. The second-order valence-electron chi connectivity index (χ2n) is 7.83. The fraction of sp³-hybridized carbons (Fsp3) is 0.269. The molecule has 0 unspecified atom stereocenters. The largest absolute Gasteiger partial charge is 0.405 e. The Morgan fingerprint density at radius 2 is 1.94 bits per heavy atom. The number of morpholine rings is 1. The van der Waals surface area contributed by atoms with E-state index in [1.54, 1.807) is 17.4 Å². The van der Waals surface area contributed by atoms with Crippen molar-refractivity contribution in [1.82, 2.24) is 4.90 Å². The lowest BCUT2D eigenvalue weighted by molar-refractivity contribution is 0.0398. The van der Waals surface area contributed by atoms with E-state index < -0.39 is 0 Å². The van der Waals surface area contributed by atoms with E-state index in [4.69, 9.17) is 10.5 Å². The van der Waals surface area contributed by atoms with E-state index in [2.05, 4.69) is 64.8 Å². The van der Waals surface area contributed by atoms with Gasteiger partial charge in [0, 0.05) is 52.8 Å². The van der Waals surface area contributed by atoms with Gasteiger partial charge in [-0.15, -0.1) is 11.3 Å². The number of anilines is 1. The highest BCUT2D eigenvalue weighted by atomic mass is 32.1. The van der Waals surface area contributed by atoms with Crippen molar-refractivity contribution in [3.63, 3.8) is 0 Å². The minimum absolute atomic E-state index is 0.660. The van der Waals surface area contributed by atoms with Crippen molar-refractivity contribution in [3.05, 3.63) is 71.3 Å². The molecule has 0 bridgehead atoms. The van der Waals surface area contributed by atoms with Gasteiger partial charge in [0.25, 0.3) is 0 Å². The first-order valence-electron chi connectivity index (χ1n) is 10.9. The van der Waals surface area contributed by atoms with Crippen LogP contribution in [0.3, 0.4) is 0 Å². The van der Waals surface area contributed by atoms with Gasteiger partial charge in [0.15, 0.2) is 0 Å². The quantitative estimate of drug-likeness (QED) is 0.393. The molecule has 0 aliphatic carbocycles. The van der Waals surface area contributed by atoms with Crippen molar-refractivity contribution in [2.45, 2.75) is 6.92 Å². The van der Waals surface area contributed by atoms with E-state index in [1.165, 1.54) is 27.4 Å². The number of thiophene rings is 1. The molecule has 6 heteroatoms. The lowest BCUT2D eigenvalue weighted by Gasteiger charge is -2.26. The third kappa shape index (κ3) is 5.20. The van der Waals surface area contributed by atoms with Gasteiger partial charge in [-0.2, -0.15) is 5.26 Å². The summed E-state index contributed by atoms with van der Waals surface area (Å²) in [4.78, 5) is 4.64. The van der Waals surface area contributed by atoms with Gasteiger partial charge < -0.3 is 15.8 Å². The highest BCUT2D eigenvalue weighted by Crippen LogP contribution is 2.35. The van der Waals surface area contributed by atoms with Gasteiger partial charge in [0.05, 0.1) is 19.3 Å². The molecule has 1 fully saturated rings. The van der Waals surface area contributed by atoms with Crippen LogP contribution < -0.4 is 11.1 Å². The van der Waals surface area contributed by atoms with Gasteiger partial charge in [-0.3, -0.25) is 4.90 Å². The van der Waals surface area contributed by atoms with Crippen LogP contribution in [-0.4, -0.2) is 44.3 Å². The van der Waals surface area contributed by atoms with Crippen LogP contribution in [0.4, 0.5) is 5.69 Å². The summed E-state index contributed by atoms with van der Waals surface area (Å²) in [6.07, 6.45) is 3.28. The lowest BCUT2D eigenvalue weighted by Crippen LogP contribution is -2.38. The fourth-order valence-electron chi connectivity index (χ4n) is 3.88. The summed E-state index contributed by atoms with van der Waals surface area (Å²) in [6, 6.07) is 19.5. The van der Waals surface area contributed by atoms with Crippen molar-refractivity contribution >= 4 is 33.4 Å². The Labute approximate surface area is 193 Å². The van der Waals surface area contributed by atoms with Crippen molar-refractivity contribution in [2.75, 3.05) is 44.7 Å². The maximum Gasteiger partial charge on any atom is 0.0950 e. The zero-order chi connectivity index (χ0) is 22.3. The van der Waals surface area contributed by atoms with E-state index in [0.717, 1.165) is 55.5 Å². The molecule has 0 saturated carbocycles. The highest BCUT2D eigenvalue weighted by Gasteiger charge is 2.10. The van der Waals surface area contributed by atoms with Crippen molar-refractivity contribution in [3.8, 4) is 16.5 Å². The van der Waals surface area contributed by atoms with E-state index >= 15 is 0 Å². The van der Waals surface area contributed by atoms with Gasteiger partial charge in [-0.25, -0.2) is 0 Å². The molecular formula is C26H28N4OS. The predicted octanol–water partition coefficient (Wildman–Crippen LogP) is 5.08. The van der Waals surface area contributed by atoms with Crippen LogP contribution >= 0.6 is 11.3 Å². The Kier molecular flexibility index (Phi) is 7.23. The molecule has 2 heterocycles. The maximum atomic E-state index is 9.29. The zero-order valence-corrected chi connectivity index (χ0v) is 19.1. The van der Waals surface area contributed by atoms with E-state index in [0.29, 0.717) is 5.57 Å². The maximum absolute atomic E-state index is 9.29. The minimum atomic E-state index is 0.660. The molecule has 32 heavy (non-hydrogen) atoms. The first-order chi connectivity index (χ1) is 15.7. The topological polar surface area (TPSA) is 74.3 Å². The van der Waals surface area contributed by atoms with E-state index in [9.17, 15) is 5.26 Å². The standard InChI is InChI=1S/C26H28N4OS/c1-19(18-28)24(8-9-27)26-7-6-25(32-26)22-3-2-21-17-23(5-4-20(21)16-22)29-10-11-30-12-14-31-15-13-30/h2-9,16-17,29H,10-15,27H2,1H3/b9-8-,24-19-. The minimum Gasteiger partial charge on any atom is -0.405 e. The number of benzene rings is 2. The Balaban J connectivity index is 1.48. The van der Waals surface area contributed by atoms with Crippen LogP contribution in [0.1, 0.15) is 11.8 Å². The third-order valence-electron chi connectivity index (χ3n) is 5.69. The first kappa shape index (κ1) is 22.1. The number of hydrogen-bond acceptors (Lipinski definition) is 6. The SMILES string of the molecule is C/C(C#N)=C(\C=C/N)c1ccc(-c2ccc3cc(NCCN4CCOCC4)ccc3c2)s1. The number of allylic oxidation sites excluding steroid dienone is 3. The molecule has 1 aromatic heterocycles. The Hall–Kier alpha value is -3.11. The second-order valence-corrected chi connectivity index (χ2v) is 8.91. The smallest absolute Gasteiger partial charge is 0.0950 e. The Morgan fingerprint density at radius 1 is 1.16 bits per heavy atom. The Bertz CT molecular complexity index is 1180. The summed E-state index contributed by atoms with van der Waals surface area (Å²) in [5, 5.41) is 15.3. The van der Waals surface area contributed by atoms with Gasteiger partial charge >= 0.3 is 0 Å². The van der Waals surface area contributed by atoms with Crippen LogP contribution in [0.2, 0.25) is 0 Å². The molecule has 1 saturated heterocycles.